The number of nitrogens with zero attached hydrogens (tertiary/aromatic N) is 3. The summed E-state index contributed by atoms with van der Waals surface area (Å²) in [6, 6.07) is 7.08. The van der Waals surface area contributed by atoms with E-state index in [0.717, 1.165) is 55.5 Å². The van der Waals surface area contributed by atoms with Crippen LogP contribution in [0.25, 0.3) is 10.9 Å². The van der Waals surface area contributed by atoms with Crippen molar-refractivity contribution in [3.8, 4) is 0 Å². The Labute approximate surface area is 191 Å². The van der Waals surface area contributed by atoms with Crippen molar-refractivity contribution in [2.24, 2.45) is 0 Å². The molecule has 0 spiro atoms. The molecule has 1 aromatic carbocycles. The van der Waals surface area contributed by atoms with E-state index in [4.69, 9.17) is 23.9 Å². The summed E-state index contributed by atoms with van der Waals surface area (Å²) in [5.74, 6) is -0.461. The molecule has 1 aromatic heterocycles. The van der Waals surface area contributed by atoms with Crippen LogP contribution in [0.3, 0.4) is 0 Å². The van der Waals surface area contributed by atoms with Crippen LogP contribution in [0, 0.1) is 0 Å². The molecule has 4 heterocycles. The lowest BCUT2D eigenvalue weighted by Crippen LogP contribution is -2.52. The first-order chi connectivity index (χ1) is 15.1. The Morgan fingerprint density at radius 1 is 0.906 bits per heavy atom. The Bertz CT molecular complexity index is 955. The van der Waals surface area contributed by atoms with Crippen molar-refractivity contribution in [2.45, 2.75) is 83.5 Å². The molecular weight excluding hydrogens is 405 g/mol. The number of hydrogen-bond acceptors (Lipinski definition) is 6. The lowest BCUT2D eigenvalue weighted by molar-refractivity contribution is -0.264. The van der Waals surface area contributed by atoms with Crippen molar-refractivity contribution in [3.63, 3.8) is 0 Å². The van der Waals surface area contributed by atoms with Gasteiger partial charge in [-0.2, -0.15) is 5.10 Å². The highest BCUT2D eigenvalue weighted by atomic mass is 16.7. The Balaban J connectivity index is 1.30. The van der Waals surface area contributed by atoms with Crippen molar-refractivity contribution in [3.05, 3.63) is 24.4 Å². The lowest BCUT2D eigenvalue weighted by atomic mass is 9.77. The van der Waals surface area contributed by atoms with Crippen molar-refractivity contribution in [1.82, 2.24) is 14.7 Å². The van der Waals surface area contributed by atoms with Crippen molar-refractivity contribution < 1.29 is 18.8 Å². The summed E-state index contributed by atoms with van der Waals surface area (Å²) in [6.07, 6.45) is 4.11. The summed E-state index contributed by atoms with van der Waals surface area (Å²) in [6.45, 7) is 15.9. The molecule has 3 fully saturated rings. The number of rotatable bonds is 3. The van der Waals surface area contributed by atoms with Crippen molar-refractivity contribution in [2.75, 3.05) is 26.3 Å². The molecule has 0 amide bonds. The van der Waals surface area contributed by atoms with Crippen LogP contribution in [-0.4, -0.2) is 71.1 Å². The van der Waals surface area contributed by atoms with Crippen LogP contribution in [0.4, 0.5) is 0 Å². The molecule has 32 heavy (non-hydrogen) atoms. The normalized spacial score (nSPS) is 26.8. The average molecular weight is 441 g/mol. The molecule has 0 bridgehead atoms. The third-order valence-electron chi connectivity index (χ3n) is 7.79. The fraction of sp³-hybridized carbons (Fsp3) is 0.708. The van der Waals surface area contributed by atoms with Crippen LogP contribution >= 0.6 is 0 Å². The molecule has 0 aliphatic carbocycles. The topological polar surface area (TPSA) is 58.0 Å². The van der Waals surface area contributed by atoms with Gasteiger partial charge >= 0.3 is 7.12 Å². The number of piperidine rings is 1. The smallest absolute Gasteiger partial charge is 0.399 e. The highest BCUT2D eigenvalue weighted by Gasteiger charge is 2.52. The molecule has 3 aliphatic rings. The van der Waals surface area contributed by atoms with Gasteiger partial charge in [-0.05, 0) is 65.9 Å². The van der Waals surface area contributed by atoms with Gasteiger partial charge in [-0.3, -0.25) is 9.58 Å². The highest BCUT2D eigenvalue weighted by molar-refractivity contribution is 6.65. The largest absolute Gasteiger partial charge is 0.495 e. The van der Waals surface area contributed by atoms with Gasteiger partial charge in [0.1, 0.15) is 0 Å². The van der Waals surface area contributed by atoms with Gasteiger partial charge in [0.15, 0.2) is 5.79 Å². The molecular formula is C24H36BN3O4. The molecule has 5 rings (SSSR count). The first-order valence-corrected chi connectivity index (χ1v) is 11.9. The second kappa shape index (κ2) is 7.81. The van der Waals surface area contributed by atoms with Gasteiger partial charge in [0.25, 0.3) is 0 Å². The van der Waals surface area contributed by atoms with Crippen LogP contribution in [0.5, 0.6) is 0 Å². The molecule has 0 radical (unpaired) electrons. The average Bonchev–Trinajstić information content (AvgIpc) is 3.26. The first kappa shape index (κ1) is 22.4. The maximum Gasteiger partial charge on any atom is 0.495 e. The van der Waals surface area contributed by atoms with Crippen LogP contribution in [0.2, 0.25) is 0 Å². The summed E-state index contributed by atoms with van der Waals surface area (Å²) < 4.78 is 26.6. The molecule has 0 N–H and O–H groups in total. The first-order valence-electron chi connectivity index (χ1n) is 11.9. The molecule has 2 aromatic rings. The van der Waals surface area contributed by atoms with Crippen LogP contribution < -0.4 is 5.46 Å². The van der Waals surface area contributed by atoms with E-state index in [-0.39, 0.29) is 18.3 Å². The molecule has 0 unspecified atom stereocenters. The number of aromatic nitrogens is 2. The lowest BCUT2D eigenvalue weighted by Gasteiger charge is -2.42. The highest BCUT2D eigenvalue weighted by Crippen LogP contribution is 2.37. The zero-order valence-corrected chi connectivity index (χ0v) is 20.3. The molecule has 0 atom stereocenters. The minimum absolute atomic E-state index is 0.341. The fourth-order valence-electron chi connectivity index (χ4n) is 4.95. The van der Waals surface area contributed by atoms with Gasteiger partial charge < -0.3 is 18.8 Å². The summed E-state index contributed by atoms with van der Waals surface area (Å²) in [7, 11) is -0.376. The predicted molar refractivity (Wildman–Crippen MR) is 125 cm³/mol. The Morgan fingerprint density at radius 3 is 2.16 bits per heavy atom. The van der Waals surface area contributed by atoms with E-state index in [1.54, 1.807) is 0 Å². The van der Waals surface area contributed by atoms with Crippen molar-refractivity contribution in [1.29, 1.82) is 0 Å². The zero-order valence-electron chi connectivity index (χ0n) is 20.3. The summed E-state index contributed by atoms with van der Waals surface area (Å²) in [5, 5.41) is 5.93. The van der Waals surface area contributed by atoms with E-state index in [9.17, 15) is 0 Å². The van der Waals surface area contributed by atoms with E-state index >= 15 is 0 Å². The van der Waals surface area contributed by atoms with E-state index < -0.39 is 5.79 Å². The SMILES string of the molecule is CC1(C)OCC(N2CCC(n3ncc4c(B5OC(C)(C)C(C)(C)O5)cccc43)CC2)CO1. The molecule has 3 saturated heterocycles. The molecule has 0 saturated carbocycles. The second-order valence-corrected chi connectivity index (χ2v) is 10.9. The maximum absolute atomic E-state index is 6.32. The fourth-order valence-corrected chi connectivity index (χ4v) is 4.95. The standard InChI is InChI=1S/C24H36BN3O4/c1-22(2)23(3,4)32-25(31-22)20-8-7-9-21-19(20)14-26-28(21)17-10-12-27(13-11-17)18-15-29-24(5,6)30-16-18/h7-9,14,17-18H,10-13,15-16H2,1-6H3. The number of likely N-dealkylation sites (tertiary alicyclic amines) is 1. The third kappa shape index (κ3) is 3.90. The van der Waals surface area contributed by atoms with Gasteiger partial charge in [0.2, 0.25) is 0 Å². The van der Waals surface area contributed by atoms with Gasteiger partial charge in [-0.25, -0.2) is 0 Å². The summed E-state index contributed by atoms with van der Waals surface area (Å²) in [5.41, 5.74) is 1.50. The number of hydrogen-bond donors (Lipinski definition) is 0. The van der Waals surface area contributed by atoms with Gasteiger partial charge in [0.05, 0.1) is 48.2 Å². The van der Waals surface area contributed by atoms with Gasteiger partial charge in [-0.15, -0.1) is 0 Å². The Hall–Kier alpha value is -1.45. The third-order valence-corrected chi connectivity index (χ3v) is 7.79. The monoisotopic (exact) mass is 441 g/mol. The summed E-state index contributed by atoms with van der Waals surface area (Å²) >= 11 is 0. The Morgan fingerprint density at radius 2 is 1.53 bits per heavy atom. The van der Waals surface area contributed by atoms with E-state index in [2.05, 4.69) is 55.5 Å². The number of ether oxygens (including phenoxy) is 2. The number of benzene rings is 1. The van der Waals surface area contributed by atoms with E-state index in [1.165, 1.54) is 0 Å². The zero-order chi connectivity index (χ0) is 22.7. The maximum atomic E-state index is 6.32. The van der Waals surface area contributed by atoms with E-state index in [1.807, 2.05) is 20.0 Å². The number of fused-ring (bicyclic) bond motifs is 1. The molecule has 7 nitrogen and oxygen atoms in total. The van der Waals surface area contributed by atoms with Gasteiger partial charge in [-0.1, -0.05) is 12.1 Å². The van der Waals surface area contributed by atoms with E-state index in [0.29, 0.717) is 12.1 Å². The summed E-state index contributed by atoms with van der Waals surface area (Å²) in [4.78, 5) is 2.51. The molecule has 174 valence electrons. The van der Waals surface area contributed by atoms with Crippen LogP contribution in [0.1, 0.15) is 60.4 Å². The Kier molecular flexibility index (Phi) is 5.45. The minimum Gasteiger partial charge on any atom is -0.399 e. The predicted octanol–water partition coefficient (Wildman–Crippen LogP) is 3.12. The van der Waals surface area contributed by atoms with Crippen molar-refractivity contribution >= 4 is 23.5 Å². The second-order valence-electron chi connectivity index (χ2n) is 10.9. The van der Waals surface area contributed by atoms with Gasteiger partial charge in [0, 0.05) is 18.5 Å². The quantitative estimate of drug-likeness (QED) is 0.683. The molecule has 3 aliphatic heterocycles. The van der Waals surface area contributed by atoms with Crippen LogP contribution in [-0.2, 0) is 18.8 Å². The van der Waals surface area contributed by atoms with Crippen LogP contribution in [0.15, 0.2) is 24.4 Å². The minimum atomic E-state index is -0.461. The molecule has 8 heteroatoms.